The number of β-lactam (4-membered cyclic amide) rings is 1. The zero-order chi connectivity index (χ0) is 21.4. The van der Waals surface area contributed by atoms with Gasteiger partial charge in [0.2, 0.25) is 11.0 Å². The lowest BCUT2D eigenvalue weighted by Gasteiger charge is -2.49. The van der Waals surface area contributed by atoms with Crippen molar-refractivity contribution in [2.24, 2.45) is 0 Å². The zero-order valence-corrected chi connectivity index (χ0v) is 18.6. The number of carboxylic acid groups (broad SMARTS) is 1. The van der Waals surface area contributed by atoms with Crippen molar-refractivity contribution < 1.29 is 24.3 Å². The topological polar surface area (TPSA) is 117 Å². The molecule has 1 fully saturated rings. The highest BCUT2D eigenvalue weighted by molar-refractivity contribution is 8.00. The Morgan fingerprint density at radius 1 is 1.30 bits per heavy atom. The Morgan fingerprint density at radius 3 is 2.77 bits per heavy atom. The first-order valence-corrected chi connectivity index (χ1v) is 12.0. The van der Waals surface area contributed by atoms with Crippen LogP contribution >= 0.6 is 47.1 Å². The number of rotatable bonds is 7. The van der Waals surface area contributed by atoms with Gasteiger partial charge in [-0.2, -0.15) is 11.3 Å². The fourth-order valence-corrected chi connectivity index (χ4v) is 6.48. The van der Waals surface area contributed by atoms with Crippen LogP contribution in [0.15, 0.2) is 27.9 Å². The Kier molecular flexibility index (Phi) is 6.00. The Balaban J connectivity index is 1.53. The number of aliphatic carboxylic acids is 1. The van der Waals surface area contributed by atoms with E-state index in [4.69, 9.17) is 5.11 Å². The van der Waals surface area contributed by atoms with Crippen LogP contribution in [-0.4, -0.2) is 55.1 Å². The first-order chi connectivity index (χ1) is 14.3. The molecule has 0 aliphatic carbocycles. The number of carbonyl (C=O) groups is 4. The molecule has 0 unspecified atom stereocenters. The number of hydrogen-bond donors (Lipinski definition) is 3. The second kappa shape index (κ2) is 8.53. The van der Waals surface area contributed by atoms with Crippen molar-refractivity contribution in [1.82, 2.24) is 15.2 Å². The predicted molar refractivity (Wildman–Crippen MR) is 117 cm³/mol. The van der Waals surface area contributed by atoms with Gasteiger partial charge in [0.25, 0.3) is 5.91 Å². The molecular weight excluding hydrogens is 466 g/mol. The lowest BCUT2D eigenvalue weighted by Crippen LogP contribution is -2.70. The van der Waals surface area contributed by atoms with E-state index in [2.05, 4.69) is 22.9 Å². The van der Waals surface area contributed by atoms with Crippen molar-refractivity contribution >= 4 is 75.5 Å². The molecule has 2 atom stereocenters. The van der Waals surface area contributed by atoms with Gasteiger partial charge in [-0.25, -0.2) is 4.98 Å². The third-order valence-corrected chi connectivity index (χ3v) is 7.75. The maximum atomic E-state index is 12.8. The van der Waals surface area contributed by atoms with E-state index in [9.17, 15) is 19.2 Å². The van der Waals surface area contributed by atoms with Gasteiger partial charge in [0.05, 0.1) is 18.5 Å². The number of fused-ring (bicyclic) bond motifs is 1. The van der Waals surface area contributed by atoms with Crippen molar-refractivity contribution in [3.63, 3.8) is 0 Å². The van der Waals surface area contributed by atoms with Gasteiger partial charge in [0.1, 0.15) is 22.1 Å². The normalized spacial score (nSPS) is 20.6. The number of aromatic nitrogens is 1. The fraction of sp³-hybridized carbons (Fsp3) is 0.278. The van der Waals surface area contributed by atoms with Crippen LogP contribution in [0.25, 0.3) is 5.57 Å². The summed E-state index contributed by atoms with van der Waals surface area (Å²) < 4.78 is 0. The highest BCUT2D eigenvalue weighted by Crippen LogP contribution is 2.44. The molecule has 1 saturated heterocycles. The highest BCUT2D eigenvalue weighted by Gasteiger charge is 2.54. The van der Waals surface area contributed by atoms with Crippen molar-refractivity contribution in [2.45, 2.75) is 24.3 Å². The number of nitrogens with zero attached hydrogens (tertiary/aromatic N) is 2. The van der Waals surface area contributed by atoms with Crippen molar-refractivity contribution in [1.29, 1.82) is 0 Å². The first kappa shape index (κ1) is 21.1. The number of thiol groups is 1. The van der Waals surface area contributed by atoms with E-state index >= 15 is 0 Å². The van der Waals surface area contributed by atoms with E-state index in [0.29, 0.717) is 22.0 Å². The standard InChI is InChI=1S/C18H15N3O5S4/c22-11(3-8-1-2-28-5-8)20-13-16(25)21-14(18(26)27)10(7-30-17(13)21)15-19-9(6-29-15)4-12(23)24/h1-2,5-6,13,17H,3-4,7H2,(H,20,22)(H,23,24)(H,26,27)/t13-,17-/m1/s1. The number of thiophene rings is 1. The van der Waals surface area contributed by atoms with Gasteiger partial charge in [-0.05, 0) is 22.4 Å². The Bertz CT molecular complexity index is 1060. The van der Waals surface area contributed by atoms with E-state index in [1.165, 1.54) is 39.3 Å². The number of thioether (sulfide) groups is 1. The zero-order valence-electron chi connectivity index (χ0n) is 15.2. The molecule has 0 radical (unpaired) electrons. The van der Waals surface area contributed by atoms with Gasteiger partial charge in [-0.1, -0.05) is 12.6 Å². The van der Waals surface area contributed by atoms with Crippen LogP contribution in [0.3, 0.4) is 0 Å². The van der Waals surface area contributed by atoms with E-state index in [1.54, 1.807) is 5.38 Å². The van der Waals surface area contributed by atoms with Crippen molar-refractivity contribution in [3.05, 3.63) is 44.2 Å². The van der Waals surface area contributed by atoms with Gasteiger partial charge in [-0.3, -0.25) is 24.1 Å². The Labute approximate surface area is 188 Å². The minimum atomic E-state index is -0.997. The molecule has 2 N–H and O–H groups in total. The molecular formula is C18H15N3O5S4. The summed E-state index contributed by atoms with van der Waals surface area (Å²) in [7, 11) is 0. The van der Waals surface area contributed by atoms with E-state index in [-0.39, 0.29) is 30.4 Å². The molecule has 0 aromatic carbocycles. The van der Waals surface area contributed by atoms with Crippen LogP contribution < -0.4 is 5.32 Å². The number of amides is 2. The van der Waals surface area contributed by atoms with Gasteiger partial charge < -0.3 is 10.4 Å². The van der Waals surface area contributed by atoms with Crippen molar-refractivity contribution in [3.8, 4) is 0 Å². The minimum absolute atomic E-state index is 0.145. The lowest BCUT2D eigenvalue weighted by atomic mass is 10.0. The predicted octanol–water partition coefficient (Wildman–Crippen LogP) is 1.64. The molecule has 156 valence electrons. The summed E-state index contributed by atoms with van der Waals surface area (Å²) in [4.78, 5) is 53.8. The molecule has 0 bridgehead atoms. The summed E-state index contributed by atoms with van der Waals surface area (Å²) in [5.41, 5.74) is 1.97. The SMILES string of the molecule is O=C(O)Cc1csc(C2=C(C(=O)S)N3C(=O)[C@@H](NC(=O)Cc4ccsc4)[C@H]3SC2)n1. The number of carbonyl (C=O) groups excluding carboxylic acids is 3. The summed E-state index contributed by atoms with van der Waals surface area (Å²) >= 11 is 8.08. The molecule has 2 aliphatic rings. The number of hydrogen-bond acceptors (Lipinski definition) is 8. The van der Waals surface area contributed by atoms with Gasteiger partial charge in [0.15, 0.2) is 0 Å². The van der Waals surface area contributed by atoms with Crippen molar-refractivity contribution in [2.75, 3.05) is 5.75 Å². The van der Waals surface area contributed by atoms with Crippen LogP contribution in [-0.2, 0) is 32.0 Å². The second-order valence-corrected chi connectivity index (χ2v) is 9.76. The summed E-state index contributed by atoms with van der Waals surface area (Å²) in [6, 6.07) is 1.15. The molecule has 2 aromatic rings. The van der Waals surface area contributed by atoms with E-state index in [0.717, 1.165) is 5.56 Å². The molecule has 8 nitrogen and oxygen atoms in total. The monoisotopic (exact) mass is 481 g/mol. The molecule has 2 amide bonds. The summed E-state index contributed by atoms with van der Waals surface area (Å²) in [6.07, 6.45) is -0.0276. The highest BCUT2D eigenvalue weighted by atomic mass is 32.2. The first-order valence-electron chi connectivity index (χ1n) is 8.73. The summed E-state index contributed by atoms with van der Waals surface area (Å²) in [5.74, 6) is -1.22. The van der Waals surface area contributed by atoms with E-state index in [1.807, 2.05) is 16.8 Å². The van der Waals surface area contributed by atoms with Gasteiger partial charge in [-0.15, -0.1) is 23.1 Å². The van der Waals surface area contributed by atoms with Crippen LogP contribution in [0.5, 0.6) is 0 Å². The quantitative estimate of drug-likeness (QED) is 0.407. The van der Waals surface area contributed by atoms with Crippen LogP contribution in [0.4, 0.5) is 0 Å². The molecule has 2 aromatic heterocycles. The average Bonchev–Trinajstić information content (AvgIpc) is 3.36. The third kappa shape index (κ3) is 4.04. The molecule has 0 spiro atoms. The lowest BCUT2D eigenvalue weighted by molar-refractivity contribution is -0.146. The Morgan fingerprint density at radius 2 is 2.10 bits per heavy atom. The van der Waals surface area contributed by atoms with E-state index < -0.39 is 22.5 Å². The molecule has 12 heteroatoms. The molecule has 30 heavy (non-hydrogen) atoms. The summed E-state index contributed by atoms with van der Waals surface area (Å²) in [6.45, 7) is 0. The minimum Gasteiger partial charge on any atom is -0.481 e. The van der Waals surface area contributed by atoms with Gasteiger partial charge >= 0.3 is 5.97 Å². The van der Waals surface area contributed by atoms with Crippen LogP contribution in [0, 0.1) is 0 Å². The second-order valence-electron chi connectivity index (χ2n) is 6.61. The maximum absolute atomic E-state index is 12.8. The average molecular weight is 482 g/mol. The van der Waals surface area contributed by atoms with Gasteiger partial charge in [0, 0.05) is 16.7 Å². The molecule has 4 rings (SSSR count). The van der Waals surface area contributed by atoms with Crippen LogP contribution in [0.2, 0.25) is 0 Å². The number of carboxylic acids is 1. The third-order valence-electron chi connectivity index (χ3n) is 4.57. The summed E-state index contributed by atoms with van der Waals surface area (Å²) in [5, 5.41) is 16.6. The largest absolute Gasteiger partial charge is 0.481 e. The fourth-order valence-electron chi connectivity index (χ4n) is 3.27. The number of nitrogens with one attached hydrogen (secondary N) is 1. The smallest absolute Gasteiger partial charge is 0.309 e. The molecule has 2 aliphatic heterocycles. The van der Waals surface area contributed by atoms with Crippen LogP contribution in [0.1, 0.15) is 16.3 Å². The Hall–Kier alpha value is -2.15. The number of thiazole rings is 1. The maximum Gasteiger partial charge on any atom is 0.309 e. The molecule has 4 heterocycles. The molecule has 0 saturated carbocycles.